The Morgan fingerprint density at radius 1 is 0.774 bits per heavy atom. The van der Waals surface area contributed by atoms with Crippen LogP contribution in [0.1, 0.15) is 47.1 Å². The largest absolute Gasteiger partial charge is 0.509 e. The van der Waals surface area contributed by atoms with E-state index in [1.54, 1.807) is 31.2 Å². The Balaban J connectivity index is 1.68. The first-order valence-corrected chi connectivity index (χ1v) is 16.5. The van der Waals surface area contributed by atoms with Crippen LogP contribution in [0.3, 0.4) is 0 Å². The third-order valence-corrected chi connectivity index (χ3v) is 8.30. The van der Waals surface area contributed by atoms with Gasteiger partial charge in [0.1, 0.15) is 44.2 Å². The Bertz CT molecular complexity index is 1540. The monoisotopic (exact) mass is 751 g/mol. The summed E-state index contributed by atoms with van der Waals surface area (Å²) in [5, 5.41) is 3.82. The maximum Gasteiger partial charge on any atom is 0.509 e. The van der Waals surface area contributed by atoms with E-state index in [9.17, 15) is 34.3 Å². The summed E-state index contributed by atoms with van der Waals surface area (Å²) in [5.41, 5.74) is 10.4. The molecular weight excluding hydrogens is 710 g/mol. The highest BCUT2D eigenvalue weighted by molar-refractivity contribution is 5.72. The smallest absolute Gasteiger partial charge is 0.463 e. The number of hydrogen-bond acceptors (Lipinski definition) is 18. The molecule has 0 radical (unpaired) electrons. The lowest BCUT2D eigenvalue weighted by molar-refractivity contribution is -0.339. The van der Waals surface area contributed by atoms with Crippen LogP contribution in [0.25, 0.3) is 10.4 Å². The van der Waals surface area contributed by atoms with Crippen LogP contribution in [0.2, 0.25) is 0 Å². The summed E-state index contributed by atoms with van der Waals surface area (Å²) in [6.07, 6.45) is -15.1. The number of ether oxygens (including phenoxy) is 11. The van der Waals surface area contributed by atoms with E-state index in [0.29, 0.717) is 0 Å². The zero-order valence-electron chi connectivity index (χ0n) is 29.7. The van der Waals surface area contributed by atoms with Crippen LogP contribution in [-0.2, 0) is 82.7 Å². The maximum absolute atomic E-state index is 13.0. The highest BCUT2D eigenvalue weighted by Crippen LogP contribution is 2.38. The van der Waals surface area contributed by atoms with E-state index in [4.69, 9.17) is 52.1 Å². The normalized spacial score (nSPS) is 30.1. The number of fused-ring (bicyclic) bond motifs is 1. The van der Waals surface area contributed by atoms with Crippen LogP contribution in [-0.4, -0.2) is 117 Å². The second-order valence-corrected chi connectivity index (χ2v) is 12.3. The van der Waals surface area contributed by atoms with Gasteiger partial charge >= 0.3 is 36.0 Å². The van der Waals surface area contributed by atoms with Crippen molar-refractivity contribution >= 4 is 36.0 Å². The van der Waals surface area contributed by atoms with Crippen LogP contribution in [0.4, 0.5) is 4.79 Å². The average Bonchev–Trinajstić information content (AvgIpc) is 3.50. The van der Waals surface area contributed by atoms with E-state index in [-0.39, 0.29) is 6.61 Å². The van der Waals surface area contributed by atoms with Crippen molar-refractivity contribution in [3.05, 3.63) is 46.3 Å². The van der Waals surface area contributed by atoms with Gasteiger partial charge in [-0.15, -0.1) is 0 Å². The van der Waals surface area contributed by atoms with Crippen LogP contribution in [0.15, 0.2) is 35.4 Å². The molecule has 3 aliphatic heterocycles. The molecule has 1 aromatic rings. The van der Waals surface area contributed by atoms with Crippen LogP contribution >= 0.6 is 0 Å². The van der Waals surface area contributed by atoms with Crippen molar-refractivity contribution in [2.24, 2.45) is 11.0 Å². The molecule has 53 heavy (non-hydrogen) atoms. The Labute approximate surface area is 303 Å². The summed E-state index contributed by atoms with van der Waals surface area (Å²) in [7, 11) is 0. The second kappa shape index (κ2) is 18.7. The summed E-state index contributed by atoms with van der Waals surface area (Å²) in [4.78, 5) is 76.4. The standard InChI is InChI=1S/C33H41N3O17/c1-15(30(41)45-12-21-10-8-7-9-11-21)16(2)46-31-24(35-36-34)27(25(47-19(5)39)22(49-31)13-43-17(3)37)51-32-29(48-20(6)40)28-26(52-33(42)53-28)23(50-32)14-44-18(4)38/h7-11,15-16,22-29,31-32H,12-14H2,1-6H3/t15-,16+,22?,23?,24?,25?,26?,27+,28-,29?,31+,32-/m0/s1. The van der Waals surface area contributed by atoms with Crippen LogP contribution < -0.4 is 0 Å². The van der Waals surface area contributed by atoms with Crippen molar-refractivity contribution in [2.45, 2.75) is 116 Å². The lowest BCUT2D eigenvalue weighted by Gasteiger charge is -2.47. The first-order valence-electron chi connectivity index (χ1n) is 16.5. The molecule has 1 aromatic carbocycles. The Morgan fingerprint density at radius 2 is 1.36 bits per heavy atom. The molecular formula is C33H41N3O17. The minimum atomic E-state index is -1.70. The van der Waals surface area contributed by atoms with E-state index in [0.717, 1.165) is 33.3 Å². The number of hydrogen-bond donors (Lipinski definition) is 0. The fourth-order valence-corrected chi connectivity index (χ4v) is 5.71. The highest BCUT2D eigenvalue weighted by atomic mass is 16.8. The van der Waals surface area contributed by atoms with Crippen LogP contribution in [0.5, 0.6) is 0 Å². The Hall–Kier alpha value is -5.01. The SMILES string of the molecule is CC(=O)OCC1O[C@@H](O[C@H](C)[C@H](C)C(=O)OCc2ccccc2)C(N=[N+]=[N-])[C@@H](O[C@@H]2OC(COC(C)=O)C3OC(=O)O[C@@H]3C2OC(C)=O)C1OC(C)=O. The molecule has 0 amide bonds. The quantitative estimate of drug-likeness (QED) is 0.0818. The average molecular weight is 752 g/mol. The third-order valence-electron chi connectivity index (χ3n) is 8.30. The number of carbonyl (C=O) groups is 6. The molecule has 0 aromatic heterocycles. The van der Waals surface area contributed by atoms with Gasteiger partial charge in [0.05, 0.1) is 12.0 Å². The molecule has 3 heterocycles. The van der Waals surface area contributed by atoms with Crippen molar-refractivity contribution in [1.82, 2.24) is 0 Å². The van der Waals surface area contributed by atoms with Crippen molar-refractivity contribution in [3.8, 4) is 0 Å². The van der Waals surface area contributed by atoms with Gasteiger partial charge in [-0.2, -0.15) is 0 Å². The number of carbonyl (C=O) groups excluding carboxylic acids is 6. The van der Waals surface area contributed by atoms with Gasteiger partial charge in [0.15, 0.2) is 37.0 Å². The predicted molar refractivity (Wildman–Crippen MR) is 171 cm³/mol. The van der Waals surface area contributed by atoms with E-state index in [1.807, 2.05) is 6.07 Å². The summed E-state index contributed by atoms with van der Waals surface area (Å²) >= 11 is 0. The zero-order chi connectivity index (χ0) is 38.8. The summed E-state index contributed by atoms with van der Waals surface area (Å²) in [5.74, 6) is -4.65. The molecule has 4 rings (SSSR count). The fraction of sp³-hybridized carbons (Fsp3) is 0.636. The molecule has 12 atom stereocenters. The van der Waals surface area contributed by atoms with Gasteiger partial charge in [-0.25, -0.2) is 4.79 Å². The summed E-state index contributed by atoms with van der Waals surface area (Å²) < 4.78 is 61.9. The zero-order valence-corrected chi connectivity index (χ0v) is 29.7. The second-order valence-electron chi connectivity index (χ2n) is 12.3. The van der Waals surface area contributed by atoms with E-state index in [1.165, 1.54) is 6.92 Å². The lowest BCUT2D eigenvalue weighted by Crippen LogP contribution is -2.65. The summed E-state index contributed by atoms with van der Waals surface area (Å²) in [6, 6.07) is 7.43. The molecule has 0 bridgehead atoms. The highest BCUT2D eigenvalue weighted by Gasteiger charge is 2.59. The van der Waals surface area contributed by atoms with Gasteiger partial charge in [-0.3, -0.25) is 24.0 Å². The van der Waals surface area contributed by atoms with Crippen LogP contribution in [0, 0.1) is 5.92 Å². The first kappa shape index (κ1) is 40.8. The predicted octanol–water partition coefficient (Wildman–Crippen LogP) is 2.18. The molecule has 0 spiro atoms. The van der Waals surface area contributed by atoms with Gasteiger partial charge in [0.25, 0.3) is 0 Å². The lowest BCUT2D eigenvalue weighted by atomic mass is 9.95. The molecule has 0 aliphatic carbocycles. The Morgan fingerprint density at radius 3 is 1.96 bits per heavy atom. The maximum atomic E-state index is 13.0. The van der Waals surface area contributed by atoms with Gasteiger partial charge in [-0.05, 0) is 24.9 Å². The number of azide groups is 1. The molecule has 20 nitrogen and oxygen atoms in total. The minimum Gasteiger partial charge on any atom is -0.463 e. The van der Waals surface area contributed by atoms with Crippen molar-refractivity contribution in [2.75, 3.05) is 13.2 Å². The van der Waals surface area contributed by atoms with E-state index >= 15 is 0 Å². The van der Waals surface area contributed by atoms with Gasteiger partial charge in [0.2, 0.25) is 0 Å². The molecule has 0 N–H and O–H groups in total. The molecule has 290 valence electrons. The van der Waals surface area contributed by atoms with Gasteiger partial charge < -0.3 is 52.1 Å². The number of benzene rings is 1. The van der Waals surface area contributed by atoms with Gasteiger partial charge in [-0.1, -0.05) is 35.4 Å². The minimum absolute atomic E-state index is 0.00596. The molecule has 0 saturated carbocycles. The van der Waals surface area contributed by atoms with Gasteiger partial charge in [0, 0.05) is 32.6 Å². The molecule has 3 aliphatic rings. The molecule has 20 heteroatoms. The topological polar surface area (TPSA) is 253 Å². The summed E-state index contributed by atoms with van der Waals surface area (Å²) in [6.45, 7) is 6.49. The third kappa shape index (κ3) is 11.0. The molecule has 6 unspecified atom stereocenters. The molecule has 3 fully saturated rings. The van der Waals surface area contributed by atoms with Crippen molar-refractivity contribution in [1.29, 1.82) is 0 Å². The van der Waals surface area contributed by atoms with Crippen molar-refractivity contribution < 1.29 is 80.9 Å². The van der Waals surface area contributed by atoms with E-state index in [2.05, 4.69) is 10.0 Å². The first-order chi connectivity index (χ1) is 25.2. The fourth-order valence-electron chi connectivity index (χ4n) is 5.71. The van der Waals surface area contributed by atoms with Crippen molar-refractivity contribution in [3.63, 3.8) is 0 Å². The number of nitrogens with zero attached hydrogens (tertiary/aromatic N) is 3. The molecule has 3 saturated heterocycles. The Kier molecular flexibility index (Phi) is 14.3. The number of esters is 5. The number of rotatable bonds is 15. The van der Waals surface area contributed by atoms with E-state index < -0.39 is 123 Å².